The smallest absolute Gasteiger partial charge is 0.251 e. The summed E-state index contributed by atoms with van der Waals surface area (Å²) < 4.78 is 7.20. The molecule has 0 aromatic carbocycles. The third-order valence-electron chi connectivity index (χ3n) is 3.35. The van der Waals surface area contributed by atoms with E-state index in [9.17, 15) is 4.79 Å². The van der Waals surface area contributed by atoms with E-state index in [2.05, 4.69) is 20.3 Å². The molecule has 3 rings (SSSR count). The van der Waals surface area contributed by atoms with Gasteiger partial charge in [-0.2, -0.15) is 0 Å². The molecule has 0 atom stereocenters. The van der Waals surface area contributed by atoms with Gasteiger partial charge in [0.15, 0.2) is 0 Å². The molecule has 0 spiro atoms. The molecule has 0 saturated heterocycles. The summed E-state index contributed by atoms with van der Waals surface area (Å²) in [6.45, 7) is 2.76. The summed E-state index contributed by atoms with van der Waals surface area (Å²) in [4.78, 5) is 24.8. The average molecular weight is 323 g/mol. The van der Waals surface area contributed by atoms with E-state index in [0.29, 0.717) is 30.4 Å². The maximum absolute atomic E-state index is 12.4. The number of carbonyl (C=O) groups is 1. The largest absolute Gasteiger partial charge is 0.478 e. The van der Waals surface area contributed by atoms with Crippen molar-refractivity contribution in [3.05, 3.63) is 66.5 Å². The number of ether oxygens (including phenoxy) is 1. The minimum Gasteiger partial charge on any atom is -0.478 e. The lowest BCUT2D eigenvalue weighted by Crippen LogP contribution is -2.23. The Kier molecular flexibility index (Phi) is 4.81. The van der Waals surface area contributed by atoms with E-state index in [4.69, 9.17) is 4.74 Å². The van der Waals surface area contributed by atoms with Gasteiger partial charge in [-0.25, -0.2) is 15.0 Å². The Morgan fingerprint density at radius 3 is 2.96 bits per heavy atom. The number of hydrogen-bond donors (Lipinski definition) is 1. The summed E-state index contributed by atoms with van der Waals surface area (Å²) >= 11 is 0. The fourth-order valence-corrected chi connectivity index (χ4v) is 2.20. The first-order chi connectivity index (χ1) is 11.8. The van der Waals surface area contributed by atoms with E-state index in [1.54, 1.807) is 47.8 Å². The molecule has 7 nitrogen and oxygen atoms in total. The van der Waals surface area contributed by atoms with Crippen LogP contribution in [0.1, 0.15) is 22.8 Å². The van der Waals surface area contributed by atoms with Crippen molar-refractivity contribution >= 4 is 5.91 Å². The maximum atomic E-state index is 12.4. The number of rotatable bonds is 6. The molecule has 0 saturated carbocycles. The fraction of sp³-hybridized carbons (Fsp3) is 0.176. The number of nitrogens with one attached hydrogen (secondary N) is 1. The van der Waals surface area contributed by atoms with Crippen LogP contribution in [0.15, 0.2) is 55.4 Å². The Morgan fingerprint density at radius 1 is 1.25 bits per heavy atom. The van der Waals surface area contributed by atoms with Crippen LogP contribution in [0.25, 0.3) is 5.82 Å². The summed E-state index contributed by atoms with van der Waals surface area (Å²) in [5.41, 5.74) is 1.35. The lowest BCUT2D eigenvalue weighted by Gasteiger charge is -2.10. The summed E-state index contributed by atoms with van der Waals surface area (Å²) in [7, 11) is 0. The Bertz CT molecular complexity index is 817. The first-order valence-electron chi connectivity index (χ1n) is 7.57. The third kappa shape index (κ3) is 3.57. The van der Waals surface area contributed by atoms with Crippen molar-refractivity contribution in [3.63, 3.8) is 0 Å². The van der Waals surface area contributed by atoms with Crippen molar-refractivity contribution in [1.82, 2.24) is 24.8 Å². The Hall–Kier alpha value is -3.22. The molecular formula is C17H17N5O2. The predicted molar refractivity (Wildman–Crippen MR) is 87.9 cm³/mol. The van der Waals surface area contributed by atoms with Gasteiger partial charge in [-0.05, 0) is 25.1 Å². The van der Waals surface area contributed by atoms with Gasteiger partial charge in [0.05, 0.1) is 6.61 Å². The second-order valence-corrected chi connectivity index (χ2v) is 4.96. The molecule has 0 fully saturated rings. The van der Waals surface area contributed by atoms with E-state index < -0.39 is 0 Å². The standard InChI is InChI=1S/C17H17N5O2/c1-2-24-17-14(4-3-6-20-17)11-21-16(23)13-5-7-19-15(10-13)22-9-8-18-12-22/h3-10,12H,2,11H2,1H3,(H,21,23). The molecule has 0 radical (unpaired) electrons. The summed E-state index contributed by atoms with van der Waals surface area (Å²) in [6, 6.07) is 7.07. The van der Waals surface area contributed by atoms with Crippen LogP contribution < -0.4 is 10.1 Å². The predicted octanol–water partition coefficient (Wildman–Crippen LogP) is 1.99. The molecule has 24 heavy (non-hydrogen) atoms. The van der Waals surface area contributed by atoms with Gasteiger partial charge in [0, 0.05) is 42.5 Å². The number of pyridine rings is 2. The fourth-order valence-electron chi connectivity index (χ4n) is 2.20. The number of hydrogen-bond acceptors (Lipinski definition) is 5. The monoisotopic (exact) mass is 323 g/mol. The molecule has 0 bridgehead atoms. The SMILES string of the molecule is CCOc1ncccc1CNC(=O)c1ccnc(-n2ccnc2)c1. The topological polar surface area (TPSA) is 81.9 Å². The molecule has 0 unspecified atom stereocenters. The minimum atomic E-state index is -0.190. The van der Waals surface area contributed by atoms with Crippen molar-refractivity contribution in [2.24, 2.45) is 0 Å². The van der Waals surface area contributed by atoms with Crippen LogP contribution in [-0.4, -0.2) is 32.0 Å². The van der Waals surface area contributed by atoms with Crippen LogP contribution in [0.4, 0.5) is 0 Å². The molecule has 3 aromatic heterocycles. The first-order valence-corrected chi connectivity index (χ1v) is 7.57. The zero-order valence-corrected chi connectivity index (χ0v) is 13.2. The van der Waals surface area contributed by atoms with Gasteiger partial charge in [-0.3, -0.25) is 9.36 Å². The Balaban J connectivity index is 1.71. The van der Waals surface area contributed by atoms with Crippen molar-refractivity contribution in [3.8, 4) is 11.7 Å². The normalized spacial score (nSPS) is 10.4. The molecule has 0 aliphatic heterocycles. The van der Waals surface area contributed by atoms with Crippen molar-refractivity contribution in [2.75, 3.05) is 6.61 Å². The zero-order chi connectivity index (χ0) is 16.8. The van der Waals surface area contributed by atoms with E-state index >= 15 is 0 Å². The molecule has 1 N–H and O–H groups in total. The molecule has 122 valence electrons. The van der Waals surface area contributed by atoms with Gasteiger partial charge in [-0.15, -0.1) is 0 Å². The first kappa shape index (κ1) is 15.7. The van der Waals surface area contributed by atoms with Crippen molar-refractivity contribution < 1.29 is 9.53 Å². The van der Waals surface area contributed by atoms with Crippen LogP contribution in [0, 0.1) is 0 Å². The molecule has 0 aliphatic rings. The zero-order valence-electron chi connectivity index (χ0n) is 13.2. The van der Waals surface area contributed by atoms with E-state index in [-0.39, 0.29) is 5.91 Å². The Morgan fingerprint density at radius 2 is 2.17 bits per heavy atom. The van der Waals surface area contributed by atoms with Gasteiger partial charge < -0.3 is 10.1 Å². The van der Waals surface area contributed by atoms with Gasteiger partial charge in [-0.1, -0.05) is 6.07 Å². The second-order valence-electron chi connectivity index (χ2n) is 4.96. The Labute approximate surface area is 139 Å². The molecular weight excluding hydrogens is 306 g/mol. The van der Waals surface area contributed by atoms with Crippen LogP contribution in [-0.2, 0) is 6.54 Å². The maximum Gasteiger partial charge on any atom is 0.251 e. The third-order valence-corrected chi connectivity index (χ3v) is 3.35. The van der Waals surface area contributed by atoms with Gasteiger partial charge in [0.25, 0.3) is 5.91 Å². The minimum absolute atomic E-state index is 0.190. The number of imidazole rings is 1. The molecule has 7 heteroatoms. The molecule has 0 aliphatic carbocycles. The average Bonchev–Trinajstić information content (AvgIpc) is 3.16. The highest BCUT2D eigenvalue weighted by molar-refractivity contribution is 5.94. The summed E-state index contributed by atoms with van der Waals surface area (Å²) in [5, 5.41) is 2.87. The highest BCUT2D eigenvalue weighted by Gasteiger charge is 2.10. The van der Waals surface area contributed by atoms with Crippen LogP contribution in [0.5, 0.6) is 5.88 Å². The van der Waals surface area contributed by atoms with E-state index in [1.807, 2.05) is 19.1 Å². The summed E-state index contributed by atoms with van der Waals surface area (Å²) in [6.07, 6.45) is 8.32. The van der Waals surface area contributed by atoms with Gasteiger partial charge in [0.1, 0.15) is 12.1 Å². The van der Waals surface area contributed by atoms with Crippen LogP contribution >= 0.6 is 0 Å². The quantitative estimate of drug-likeness (QED) is 0.750. The van der Waals surface area contributed by atoms with Crippen LogP contribution in [0.2, 0.25) is 0 Å². The molecule has 1 amide bonds. The molecule has 3 aromatic rings. The van der Waals surface area contributed by atoms with Crippen molar-refractivity contribution in [1.29, 1.82) is 0 Å². The van der Waals surface area contributed by atoms with Gasteiger partial charge in [0.2, 0.25) is 5.88 Å². The highest BCUT2D eigenvalue weighted by atomic mass is 16.5. The number of nitrogens with zero attached hydrogens (tertiary/aromatic N) is 4. The lowest BCUT2D eigenvalue weighted by atomic mass is 10.2. The molecule has 3 heterocycles. The second kappa shape index (κ2) is 7.36. The highest BCUT2D eigenvalue weighted by Crippen LogP contribution is 2.14. The van der Waals surface area contributed by atoms with E-state index in [0.717, 1.165) is 5.56 Å². The van der Waals surface area contributed by atoms with Gasteiger partial charge >= 0.3 is 0 Å². The lowest BCUT2D eigenvalue weighted by molar-refractivity contribution is 0.0950. The number of amides is 1. The van der Waals surface area contributed by atoms with Crippen molar-refractivity contribution in [2.45, 2.75) is 13.5 Å². The number of aromatic nitrogens is 4. The number of carbonyl (C=O) groups excluding carboxylic acids is 1. The summed E-state index contributed by atoms with van der Waals surface area (Å²) in [5.74, 6) is 0.982. The van der Waals surface area contributed by atoms with E-state index in [1.165, 1.54) is 0 Å². The van der Waals surface area contributed by atoms with Crippen LogP contribution in [0.3, 0.4) is 0 Å².